The highest BCUT2D eigenvalue weighted by Crippen LogP contribution is 1.94. The number of nitrogens with zero attached hydrogens (tertiary/aromatic N) is 2. The third-order valence-corrected chi connectivity index (χ3v) is 2.20. The molecule has 1 heterocycles. The summed E-state index contributed by atoms with van der Waals surface area (Å²) in [7, 11) is 0. The molecular weight excluding hydrogens is 234 g/mol. The van der Waals surface area contributed by atoms with Gasteiger partial charge in [-0.2, -0.15) is 0 Å². The summed E-state index contributed by atoms with van der Waals surface area (Å²) in [6.07, 6.45) is 4.44. The van der Waals surface area contributed by atoms with Crippen LogP contribution >= 0.6 is 12.2 Å². The molecular formula is C11H17N5S. The first kappa shape index (κ1) is 13.4. The number of nitrogens with one attached hydrogen (secondary N) is 2. The summed E-state index contributed by atoms with van der Waals surface area (Å²) >= 11 is 5.08. The predicted octanol–water partition coefficient (Wildman–Crippen LogP) is 0.770. The third kappa shape index (κ3) is 5.82. The number of guanidine groups is 1. The highest BCUT2D eigenvalue weighted by atomic mass is 32.1. The predicted molar refractivity (Wildman–Crippen MR) is 73.6 cm³/mol. The quantitative estimate of drug-likeness (QED) is 0.419. The van der Waals surface area contributed by atoms with Gasteiger partial charge in [0.1, 0.15) is 0 Å². The van der Waals surface area contributed by atoms with Gasteiger partial charge in [-0.1, -0.05) is 6.92 Å². The van der Waals surface area contributed by atoms with E-state index in [-0.39, 0.29) is 0 Å². The number of aromatic nitrogens is 1. The molecule has 5 nitrogen and oxygen atoms in total. The molecule has 0 atom stereocenters. The second kappa shape index (κ2) is 7.56. The van der Waals surface area contributed by atoms with Crippen LogP contribution in [0.25, 0.3) is 0 Å². The number of thiocarbonyl (C=S) groups is 1. The largest absolute Gasteiger partial charge is 0.370 e. The maximum Gasteiger partial charge on any atom is 0.194 e. The lowest BCUT2D eigenvalue weighted by Crippen LogP contribution is -2.43. The summed E-state index contributed by atoms with van der Waals surface area (Å²) in [6.45, 7) is 3.37. The second-order valence-electron chi connectivity index (χ2n) is 3.43. The average Bonchev–Trinajstić information content (AvgIpc) is 2.35. The molecule has 0 radical (unpaired) electrons. The van der Waals surface area contributed by atoms with Gasteiger partial charge in [0.15, 0.2) is 11.1 Å². The van der Waals surface area contributed by atoms with Crippen LogP contribution in [0.5, 0.6) is 0 Å². The van der Waals surface area contributed by atoms with Crippen molar-refractivity contribution in [3.05, 3.63) is 30.1 Å². The molecule has 0 aliphatic rings. The Morgan fingerprint density at radius 3 is 2.82 bits per heavy atom. The standard InChI is InChI=1S/C11H17N5S/c1-2-5-14-10(12)16-11(17)15-8-9-3-6-13-7-4-9/h3-4,6-7H,2,5,8H2,1H3,(H4,12,14,15,16,17). The molecule has 1 aromatic heterocycles. The summed E-state index contributed by atoms with van der Waals surface area (Å²) in [5, 5.41) is 6.33. The lowest BCUT2D eigenvalue weighted by Gasteiger charge is -2.09. The maximum absolute atomic E-state index is 5.63. The Morgan fingerprint density at radius 1 is 1.47 bits per heavy atom. The van der Waals surface area contributed by atoms with Crippen molar-refractivity contribution < 1.29 is 0 Å². The molecule has 0 aliphatic carbocycles. The van der Waals surface area contributed by atoms with E-state index in [2.05, 4.69) is 20.6 Å². The zero-order chi connectivity index (χ0) is 12.5. The number of pyridine rings is 1. The molecule has 0 fully saturated rings. The average molecular weight is 251 g/mol. The molecule has 1 rings (SSSR count). The van der Waals surface area contributed by atoms with Crippen molar-refractivity contribution in [3.63, 3.8) is 0 Å². The fraction of sp³-hybridized carbons (Fsp3) is 0.364. The lowest BCUT2D eigenvalue weighted by molar-refractivity contribution is 0.891. The first-order valence-corrected chi connectivity index (χ1v) is 5.87. The topological polar surface area (TPSA) is 75.3 Å². The fourth-order valence-electron chi connectivity index (χ4n) is 1.12. The van der Waals surface area contributed by atoms with Crippen LogP contribution in [-0.2, 0) is 6.54 Å². The van der Waals surface area contributed by atoms with Crippen LogP contribution in [0.4, 0.5) is 0 Å². The highest BCUT2D eigenvalue weighted by Gasteiger charge is 1.97. The van der Waals surface area contributed by atoms with Crippen molar-refractivity contribution in [3.8, 4) is 0 Å². The van der Waals surface area contributed by atoms with Crippen LogP contribution in [0.1, 0.15) is 18.9 Å². The van der Waals surface area contributed by atoms with E-state index in [9.17, 15) is 0 Å². The fourth-order valence-corrected chi connectivity index (χ4v) is 1.29. The highest BCUT2D eigenvalue weighted by molar-refractivity contribution is 7.80. The van der Waals surface area contributed by atoms with E-state index in [0.29, 0.717) is 24.2 Å². The van der Waals surface area contributed by atoms with Gasteiger partial charge in [-0.25, -0.2) is 0 Å². The Hall–Kier alpha value is -1.69. The Bertz CT molecular complexity index is 377. The van der Waals surface area contributed by atoms with Crippen molar-refractivity contribution in [2.75, 3.05) is 6.54 Å². The number of nitrogens with two attached hydrogens (primary N) is 1. The van der Waals surface area contributed by atoms with Gasteiger partial charge in [0.05, 0.1) is 0 Å². The SMILES string of the molecule is CCCN=C(N)NC(=S)NCc1ccncc1. The molecule has 0 amide bonds. The van der Waals surface area contributed by atoms with E-state index in [1.807, 2.05) is 19.1 Å². The Morgan fingerprint density at radius 2 is 2.18 bits per heavy atom. The molecule has 17 heavy (non-hydrogen) atoms. The second-order valence-corrected chi connectivity index (χ2v) is 3.84. The van der Waals surface area contributed by atoms with Gasteiger partial charge >= 0.3 is 0 Å². The number of hydrogen-bond donors (Lipinski definition) is 3. The number of hydrogen-bond acceptors (Lipinski definition) is 3. The van der Waals surface area contributed by atoms with Crippen LogP contribution < -0.4 is 16.4 Å². The molecule has 0 spiro atoms. The van der Waals surface area contributed by atoms with E-state index >= 15 is 0 Å². The molecule has 92 valence electrons. The van der Waals surface area contributed by atoms with Crippen LogP contribution in [0.2, 0.25) is 0 Å². The Kier molecular flexibility index (Phi) is 5.95. The Labute approximate surface area is 107 Å². The van der Waals surface area contributed by atoms with E-state index in [1.165, 1.54) is 0 Å². The van der Waals surface area contributed by atoms with Crippen LogP contribution in [0, 0.1) is 0 Å². The monoisotopic (exact) mass is 251 g/mol. The summed E-state index contributed by atoms with van der Waals surface area (Å²) in [6, 6.07) is 3.84. The van der Waals surface area contributed by atoms with Gasteiger partial charge in [-0.05, 0) is 36.3 Å². The summed E-state index contributed by atoms with van der Waals surface area (Å²) < 4.78 is 0. The third-order valence-electron chi connectivity index (χ3n) is 1.95. The van der Waals surface area contributed by atoms with Crippen molar-refractivity contribution in [1.82, 2.24) is 15.6 Å². The minimum Gasteiger partial charge on any atom is -0.370 e. The van der Waals surface area contributed by atoms with Gasteiger partial charge in [-0.3, -0.25) is 9.98 Å². The zero-order valence-corrected chi connectivity index (χ0v) is 10.6. The Balaban J connectivity index is 2.31. The maximum atomic E-state index is 5.63. The minimum absolute atomic E-state index is 0.346. The molecule has 0 unspecified atom stereocenters. The van der Waals surface area contributed by atoms with Gasteiger partial charge in [0.25, 0.3) is 0 Å². The van der Waals surface area contributed by atoms with Gasteiger partial charge in [0, 0.05) is 25.5 Å². The zero-order valence-electron chi connectivity index (χ0n) is 9.81. The smallest absolute Gasteiger partial charge is 0.194 e. The van der Waals surface area contributed by atoms with Gasteiger partial charge in [0.2, 0.25) is 0 Å². The number of rotatable bonds is 4. The first-order valence-electron chi connectivity index (χ1n) is 5.46. The summed E-state index contributed by atoms with van der Waals surface area (Å²) in [4.78, 5) is 8.02. The molecule has 0 bridgehead atoms. The van der Waals surface area contributed by atoms with Crippen molar-refractivity contribution >= 4 is 23.3 Å². The summed E-state index contributed by atoms with van der Waals surface area (Å²) in [5.41, 5.74) is 6.74. The summed E-state index contributed by atoms with van der Waals surface area (Å²) in [5.74, 6) is 0.346. The van der Waals surface area contributed by atoms with Crippen LogP contribution in [0.3, 0.4) is 0 Å². The first-order chi connectivity index (χ1) is 8.22. The molecule has 1 aromatic rings. The van der Waals surface area contributed by atoms with Crippen molar-refractivity contribution in [2.45, 2.75) is 19.9 Å². The lowest BCUT2D eigenvalue weighted by atomic mass is 10.3. The molecule has 0 saturated carbocycles. The van der Waals surface area contributed by atoms with E-state index in [0.717, 1.165) is 12.0 Å². The van der Waals surface area contributed by atoms with E-state index < -0.39 is 0 Å². The molecule has 6 heteroatoms. The van der Waals surface area contributed by atoms with Crippen molar-refractivity contribution in [2.24, 2.45) is 10.7 Å². The van der Waals surface area contributed by atoms with Gasteiger partial charge < -0.3 is 16.4 Å². The normalized spacial score (nSPS) is 11.0. The van der Waals surface area contributed by atoms with E-state index in [4.69, 9.17) is 18.0 Å². The molecule has 0 aromatic carbocycles. The van der Waals surface area contributed by atoms with Crippen LogP contribution in [0.15, 0.2) is 29.5 Å². The van der Waals surface area contributed by atoms with Crippen LogP contribution in [-0.4, -0.2) is 22.6 Å². The molecule has 0 saturated heterocycles. The molecule has 0 aliphatic heterocycles. The number of aliphatic imine (C=N–C) groups is 1. The van der Waals surface area contributed by atoms with Crippen molar-refractivity contribution in [1.29, 1.82) is 0 Å². The van der Waals surface area contributed by atoms with E-state index in [1.54, 1.807) is 12.4 Å². The minimum atomic E-state index is 0.346. The van der Waals surface area contributed by atoms with Gasteiger partial charge in [-0.15, -0.1) is 0 Å². The molecule has 4 N–H and O–H groups in total.